The summed E-state index contributed by atoms with van der Waals surface area (Å²) >= 11 is 0. The molecule has 1 saturated heterocycles. The smallest absolute Gasteiger partial charge is 0.262 e. The van der Waals surface area contributed by atoms with Gasteiger partial charge in [-0.3, -0.25) is 14.5 Å². The summed E-state index contributed by atoms with van der Waals surface area (Å²) in [5, 5.41) is 2.75. The minimum Gasteiger partial charge on any atom is -0.477 e. The Bertz CT molecular complexity index is 839. The van der Waals surface area contributed by atoms with Gasteiger partial charge in [-0.05, 0) is 23.6 Å². The third-order valence-corrected chi connectivity index (χ3v) is 4.56. The molecular formula is C21H26N2O5. The molecule has 3 rings (SSSR count). The lowest BCUT2D eigenvalue weighted by molar-refractivity contribution is -0.118. The summed E-state index contributed by atoms with van der Waals surface area (Å²) in [5.74, 6) is 0.678. The van der Waals surface area contributed by atoms with E-state index in [1.54, 1.807) is 0 Å². The molecule has 1 aromatic heterocycles. The molecule has 1 aromatic carbocycles. The minimum absolute atomic E-state index is 0.0241. The molecule has 28 heavy (non-hydrogen) atoms. The van der Waals surface area contributed by atoms with Crippen molar-refractivity contribution in [3.63, 3.8) is 0 Å². The molecule has 1 N–H and O–H groups in total. The predicted octanol–water partition coefficient (Wildman–Crippen LogP) is 2.61. The van der Waals surface area contributed by atoms with Crippen LogP contribution in [0.4, 0.5) is 5.69 Å². The average Bonchev–Trinajstić information content (AvgIpc) is 2.68. The SMILES string of the molecule is CC(C)c1ccc(NC(=O)COc2coc(CN3CCOCC3)cc2=O)cc1. The van der Waals surface area contributed by atoms with Gasteiger partial charge in [0.05, 0.1) is 19.8 Å². The fourth-order valence-corrected chi connectivity index (χ4v) is 2.90. The number of nitrogens with one attached hydrogen (secondary N) is 1. The van der Waals surface area contributed by atoms with Gasteiger partial charge in [-0.2, -0.15) is 0 Å². The largest absolute Gasteiger partial charge is 0.477 e. The van der Waals surface area contributed by atoms with Gasteiger partial charge in [0.1, 0.15) is 12.0 Å². The summed E-state index contributed by atoms with van der Waals surface area (Å²) in [4.78, 5) is 26.4. The number of amides is 1. The van der Waals surface area contributed by atoms with Crippen molar-refractivity contribution >= 4 is 11.6 Å². The van der Waals surface area contributed by atoms with E-state index in [0.29, 0.717) is 37.1 Å². The first-order valence-corrected chi connectivity index (χ1v) is 9.45. The van der Waals surface area contributed by atoms with Crippen molar-refractivity contribution in [1.82, 2.24) is 4.90 Å². The van der Waals surface area contributed by atoms with E-state index in [2.05, 4.69) is 24.1 Å². The number of benzene rings is 1. The molecule has 2 aromatic rings. The standard InChI is InChI=1S/C21H26N2O5/c1-15(2)16-3-5-17(6-4-16)22-21(25)14-28-20-13-27-18(11-19(20)24)12-23-7-9-26-10-8-23/h3-6,11,13,15H,7-10,12,14H2,1-2H3,(H,22,25). The lowest BCUT2D eigenvalue weighted by Gasteiger charge is -2.25. The van der Waals surface area contributed by atoms with Crippen LogP contribution < -0.4 is 15.5 Å². The lowest BCUT2D eigenvalue weighted by atomic mass is 10.0. The molecule has 0 radical (unpaired) electrons. The maximum Gasteiger partial charge on any atom is 0.262 e. The normalized spacial score (nSPS) is 14.8. The van der Waals surface area contributed by atoms with E-state index in [4.69, 9.17) is 13.9 Å². The number of nitrogens with zero attached hydrogens (tertiary/aromatic N) is 1. The fraction of sp³-hybridized carbons (Fsp3) is 0.429. The molecule has 0 bridgehead atoms. The number of carbonyl (C=O) groups is 1. The first-order chi connectivity index (χ1) is 13.5. The van der Waals surface area contributed by atoms with Gasteiger partial charge in [0.25, 0.3) is 5.91 Å². The van der Waals surface area contributed by atoms with Crippen molar-refractivity contribution in [2.45, 2.75) is 26.3 Å². The van der Waals surface area contributed by atoms with Crippen LogP contribution in [-0.2, 0) is 16.1 Å². The van der Waals surface area contributed by atoms with Crippen molar-refractivity contribution in [3.8, 4) is 5.75 Å². The van der Waals surface area contributed by atoms with Gasteiger partial charge >= 0.3 is 0 Å². The summed E-state index contributed by atoms with van der Waals surface area (Å²) in [6.45, 7) is 7.48. The van der Waals surface area contributed by atoms with Gasteiger partial charge in [0, 0.05) is 24.8 Å². The van der Waals surface area contributed by atoms with Gasteiger partial charge in [-0.25, -0.2) is 0 Å². The lowest BCUT2D eigenvalue weighted by Crippen LogP contribution is -2.35. The second-order valence-corrected chi connectivity index (χ2v) is 7.08. The van der Waals surface area contributed by atoms with E-state index in [1.165, 1.54) is 17.9 Å². The highest BCUT2D eigenvalue weighted by atomic mass is 16.5. The molecule has 150 valence electrons. The third-order valence-electron chi connectivity index (χ3n) is 4.56. The molecule has 7 nitrogen and oxygen atoms in total. The molecule has 0 atom stereocenters. The third kappa shape index (κ3) is 5.68. The van der Waals surface area contributed by atoms with Gasteiger partial charge in [0.15, 0.2) is 6.61 Å². The molecule has 1 amide bonds. The molecule has 1 aliphatic heterocycles. The summed E-state index contributed by atoms with van der Waals surface area (Å²) in [7, 11) is 0. The van der Waals surface area contributed by atoms with Crippen molar-refractivity contribution < 1.29 is 18.7 Å². The monoisotopic (exact) mass is 386 g/mol. The first kappa shape index (κ1) is 20.1. The summed E-state index contributed by atoms with van der Waals surface area (Å²) in [5.41, 5.74) is 1.58. The maximum atomic E-state index is 12.2. The van der Waals surface area contributed by atoms with E-state index in [0.717, 1.165) is 13.1 Å². The van der Waals surface area contributed by atoms with Crippen LogP contribution in [0.15, 0.2) is 45.8 Å². The molecule has 0 spiro atoms. The Morgan fingerprint density at radius 2 is 1.93 bits per heavy atom. The second-order valence-electron chi connectivity index (χ2n) is 7.08. The topological polar surface area (TPSA) is 81.0 Å². The number of morpholine rings is 1. The Labute approximate surface area is 164 Å². The summed E-state index contributed by atoms with van der Waals surface area (Å²) in [6, 6.07) is 9.06. The van der Waals surface area contributed by atoms with Gasteiger partial charge in [0.2, 0.25) is 11.2 Å². The van der Waals surface area contributed by atoms with Crippen molar-refractivity contribution in [1.29, 1.82) is 0 Å². The number of ether oxygens (including phenoxy) is 2. The van der Waals surface area contributed by atoms with Crippen LogP contribution in [0.25, 0.3) is 0 Å². The number of rotatable bonds is 7. The van der Waals surface area contributed by atoms with Crippen molar-refractivity contribution in [2.24, 2.45) is 0 Å². The second kappa shape index (κ2) is 9.52. The zero-order chi connectivity index (χ0) is 19.9. The Balaban J connectivity index is 1.50. The molecule has 0 saturated carbocycles. The Morgan fingerprint density at radius 1 is 1.21 bits per heavy atom. The van der Waals surface area contributed by atoms with E-state index < -0.39 is 0 Å². The van der Waals surface area contributed by atoms with Crippen molar-refractivity contribution in [3.05, 3.63) is 58.1 Å². The molecule has 1 aliphatic rings. The van der Waals surface area contributed by atoms with E-state index in [-0.39, 0.29) is 23.7 Å². The fourth-order valence-electron chi connectivity index (χ4n) is 2.90. The number of anilines is 1. The highest BCUT2D eigenvalue weighted by molar-refractivity contribution is 5.91. The highest BCUT2D eigenvalue weighted by Crippen LogP contribution is 2.17. The number of hydrogen-bond acceptors (Lipinski definition) is 6. The first-order valence-electron chi connectivity index (χ1n) is 9.45. The van der Waals surface area contributed by atoms with Crippen LogP contribution in [0.3, 0.4) is 0 Å². The van der Waals surface area contributed by atoms with Crippen LogP contribution in [0.5, 0.6) is 5.75 Å². The molecule has 0 aliphatic carbocycles. The Hall–Kier alpha value is -2.64. The quantitative estimate of drug-likeness (QED) is 0.788. The van der Waals surface area contributed by atoms with Crippen LogP contribution in [0.1, 0.15) is 31.1 Å². The van der Waals surface area contributed by atoms with Crippen LogP contribution in [0.2, 0.25) is 0 Å². The summed E-state index contributed by atoms with van der Waals surface area (Å²) in [6.07, 6.45) is 1.27. The van der Waals surface area contributed by atoms with Gasteiger partial charge < -0.3 is 19.2 Å². The minimum atomic E-state index is -0.339. The van der Waals surface area contributed by atoms with Crippen molar-refractivity contribution in [2.75, 3.05) is 38.2 Å². The molecular weight excluding hydrogens is 360 g/mol. The molecule has 1 fully saturated rings. The number of carbonyl (C=O) groups excluding carboxylic acids is 1. The molecule has 2 heterocycles. The highest BCUT2D eigenvalue weighted by Gasteiger charge is 2.14. The van der Waals surface area contributed by atoms with Gasteiger partial charge in [-0.15, -0.1) is 0 Å². The molecule has 0 unspecified atom stereocenters. The zero-order valence-corrected chi connectivity index (χ0v) is 16.3. The Morgan fingerprint density at radius 3 is 2.57 bits per heavy atom. The summed E-state index contributed by atoms with van der Waals surface area (Å²) < 4.78 is 16.1. The Kier molecular flexibility index (Phi) is 6.84. The van der Waals surface area contributed by atoms with Crippen LogP contribution >= 0.6 is 0 Å². The number of hydrogen-bond donors (Lipinski definition) is 1. The van der Waals surface area contributed by atoms with E-state index >= 15 is 0 Å². The van der Waals surface area contributed by atoms with Crippen LogP contribution in [-0.4, -0.2) is 43.7 Å². The maximum absolute atomic E-state index is 12.2. The van der Waals surface area contributed by atoms with E-state index in [1.807, 2.05) is 24.3 Å². The van der Waals surface area contributed by atoms with Gasteiger partial charge in [-0.1, -0.05) is 26.0 Å². The predicted molar refractivity (Wildman–Crippen MR) is 106 cm³/mol. The van der Waals surface area contributed by atoms with Crippen LogP contribution in [0, 0.1) is 0 Å². The average molecular weight is 386 g/mol. The molecule has 7 heteroatoms. The zero-order valence-electron chi connectivity index (χ0n) is 16.3. The van der Waals surface area contributed by atoms with E-state index in [9.17, 15) is 9.59 Å².